The van der Waals surface area contributed by atoms with E-state index >= 15 is 0 Å². The highest BCUT2D eigenvalue weighted by atomic mass is 35.5. The molecule has 1 saturated heterocycles. The molecular weight excluding hydrogens is 442 g/mol. The maximum atomic E-state index is 13.1. The number of carbonyl (C=O) groups excluding carboxylic acids is 1. The van der Waals surface area contributed by atoms with E-state index in [-0.39, 0.29) is 16.6 Å². The monoisotopic (exact) mass is 459 g/mol. The van der Waals surface area contributed by atoms with Crippen molar-refractivity contribution >= 4 is 44.5 Å². The normalized spacial score (nSPS) is 17.4. The second-order valence-corrected chi connectivity index (χ2v) is 10.8. The number of benzene rings is 1. The Bertz CT molecular complexity index is 1230. The Hall–Kier alpha value is -2.42. The number of rotatable bonds is 2. The van der Waals surface area contributed by atoms with Crippen molar-refractivity contribution in [3.05, 3.63) is 64.1 Å². The standard InChI is InChI=1S/C21H18ClN3O3S2/c22-15-4-5-16-18(12-15)30(27,28)13-14-11-17(29-20(14)16)21(26)25-9-7-24(8-10-25)19-3-1-2-6-23-19/h1-6,11-12H,7-10,13H2. The molecule has 1 aromatic carbocycles. The fraction of sp³-hybridized carbons (Fsp3) is 0.238. The topological polar surface area (TPSA) is 70.6 Å². The number of halogens is 1. The lowest BCUT2D eigenvalue weighted by molar-refractivity contribution is 0.0751. The third-order valence-corrected chi connectivity index (χ3v) is 8.56. The van der Waals surface area contributed by atoms with Crippen LogP contribution in [-0.4, -0.2) is 50.4 Å². The molecule has 3 aromatic rings. The van der Waals surface area contributed by atoms with E-state index in [2.05, 4.69) is 9.88 Å². The van der Waals surface area contributed by atoms with Gasteiger partial charge in [-0.1, -0.05) is 23.7 Å². The summed E-state index contributed by atoms with van der Waals surface area (Å²) < 4.78 is 25.4. The minimum atomic E-state index is -3.47. The van der Waals surface area contributed by atoms with Gasteiger partial charge in [0.1, 0.15) is 5.82 Å². The molecule has 0 atom stereocenters. The highest BCUT2D eigenvalue weighted by Gasteiger charge is 2.32. The molecule has 6 nitrogen and oxygen atoms in total. The van der Waals surface area contributed by atoms with Crippen LogP contribution in [0.15, 0.2) is 53.6 Å². The molecule has 2 aliphatic heterocycles. The lowest BCUT2D eigenvalue weighted by Gasteiger charge is -2.35. The number of carbonyl (C=O) groups is 1. The van der Waals surface area contributed by atoms with Gasteiger partial charge in [0.2, 0.25) is 0 Å². The van der Waals surface area contributed by atoms with E-state index < -0.39 is 9.84 Å². The number of hydrogen-bond acceptors (Lipinski definition) is 6. The minimum absolute atomic E-state index is 0.0528. The summed E-state index contributed by atoms with van der Waals surface area (Å²) in [5.74, 6) is 0.757. The Balaban J connectivity index is 1.39. The van der Waals surface area contributed by atoms with Crippen molar-refractivity contribution in [2.45, 2.75) is 10.6 Å². The van der Waals surface area contributed by atoms with Crippen LogP contribution in [-0.2, 0) is 15.6 Å². The first-order valence-electron chi connectivity index (χ1n) is 9.53. The molecule has 0 saturated carbocycles. The number of thiophene rings is 1. The number of sulfone groups is 1. The molecule has 154 valence electrons. The number of pyridine rings is 1. The molecule has 0 unspecified atom stereocenters. The van der Waals surface area contributed by atoms with Gasteiger partial charge in [0, 0.05) is 47.8 Å². The summed E-state index contributed by atoms with van der Waals surface area (Å²) in [5, 5.41) is 0.388. The molecule has 0 spiro atoms. The van der Waals surface area contributed by atoms with Gasteiger partial charge in [0.25, 0.3) is 5.91 Å². The number of anilines is 1. The predicted molar refractivity (Wildman–Crippen MR) is 118 cm³/mol. The second kappa shape index (κ2) is 7.37. The van der Waals surface area contributed by atoms with Crippen molar-refractivity contribution in [1.29, 1.82) is 0 Å². The average molecular weight is 460 g/mol. The number of nitrogens with zero attached hydrogens (tertiary/aromatic N) is 3. The molecule has 1 amide bonds. The fourth-order valence-corrected chi connectivity index (χ4v) is 7.11. The zero-order chi connectivity index (χ0) is 20.9. The molecule has 4 heterocycles. The van der Waals surface area contributed by atoms with E-state index in [1.807, 2.05) is 23.1 Å². The molecule has 0 bridgehead atoms. The van der Waals surface area contributed by atoms with Gasteiger partial charge >= 0.3 is 0 Å². The molecule has 2 aliphatic rings. The molecule has 5 rings (SSSR count). The van der Waals surface area contributed by atoms with Crippen LogP contribution in [0.4, 0.5) is 5.82 Å². The molecule has 30 heavy (non-hydrogen) atoms. The first kappa shape index (κ1) is 19.5. The lowest BCUT2D eigenvalue weighted by Crippen LogP contribution is -2.48. The summed E-state index contributed by atoms with van der Waals surface area (Å²) in [7, 11) is -3.47. The summed E-state index contributed by atoms with van der Waals surface area (Å²) >= 11 is 7.37. The zero-order valence-corrected chi connectivity index (χ0v) is 18.3. The van der Waals surface area contributed by atoms with Crippen molar-refractivity contribution in [3.8, 4) is 10.4 Å². The van der Waals surface area contributed by atoms with Gasteiger partial charge in [0.15, 0.2) is 9.84 Å². The Morgan fingerprint density at radius 2 is 1.87 bits per heavy atom. The smallest absolute Gasteiger partial charge is 0.264 e. The van der Waals surface area contributed by atoms with E-state index in [9.17, 15) is 13.2 Å². The van der Waals surface area contributed by atoms with Crippen molar-refractivity contribution < 1.29 is 13.2 Å². The van der Waals surface area contributed by atoms with E-state index in [0.29, 0.717) is 47.2 Å². The minimum Gasteiger partial charge on any atom is -0.353 e. The van der Waals surface area contributed by atoms with Crippen LogP contribution in [0.3, 0.4) is 0 Å². The Morgan fingerprint density at radius 3 is 2.60 bits per heavy atom. The van der Waals surface area contributed by atoms with E-state index in [1.54, 1.807) is 24.4 Å². The molecule has 0 N–H and O–H groups in total. The third-order valence-electron chi connectivity index (χ3n) is 5.43. The Labute approximate surface area is 183 Å². The highest BCUT2D eigenvalue weighted by Crippen LogP contribution is 2.43. The second-order valence-electron chi connectivity index (χ2n) is 7.33. The summed E-state index contributed by atoms with van der Waals surface area (Å²) in [6, 6.07) is 12.4. The Kier molecular flexibility index (Phi) is 4.80. The van der Waals surface area contributed by atoms with Gasteiger partial charge in [-0.25, -0.2) is 13.4 Å². The van der Waals surface area contributed by atoms with Crippen LogP contribution in [0.2, 0.25) is 5.02 Å². The number of aromatic nitrogens is 1. The van der Waals surface area contributed by atoms with Crippen molar-refractivity contribution in [2.75, 3.05) is 31.1 Å². The lowest BCUT2D eigenvalue weighted by atomic mass is 10.1. The maximum Gasteiger partial charge on any atom is 0.264 e. The van der Waals surface area contributed by atoms with E-state index in [4.69, 9.17) is 11.6 Å². The van der Waals surface area contributed by atoms with E-state index in [0.717, 1.165) is 10.7 Å². The van der Waals surface area contributed by atoms with Gasteiger partial charge < -0.3 is 9.80 Å². The number of piperazine rings is 1. The maximum absolute atomic E-state index is 13.1. The molecule has 2 aromatic heterocycles. The van der Waals surface area contributed by atoms with Crippen molar-refractivity contribution in [1.82, 2.24) is 9.88 Å². The van der Waals surface area contributed by atoms with Gasteiger partial charge in [-0.2, -0.15) is 0 Å². The molecule has 0 aliphatic carbocycles. The molecule has 0 radical (unpaired) electrons. The summed E-state index contributed by atoms with van der Waals surface area (Å²) in [4.78, 5) is 23.1. The molecular formula is C21H18ClN3O3S2. The molecule has 9 heteroatoms. The SMILES string of the molecule is O=C(c1cc2c(s1)-c1ccc(Cl)cc1S(=O)(=O)C2)N1CCN(c2ccccn2)CC1. The summed E-state index contributed by atoms with van der Waals surface area (Å²) in [5.41, 5.74) is 1.31. The summed E-state index contributed by atoms with van der Waals surface area (Å²) in [6.45, 7) is 2.62. The van der Waals surface area contributed by atoms with Crippen molar-refractivity contribution in [3.63, 3.8) is 0 Å². The van der Waals surface area contributed by atoms with Gasteiger partial charge in [-0.05, 0) is 35.9 Å². The zero-order valence-electron chi connectivity index (χ0n) is 15.9. The van der Waals surface area contributed by atoms with Crippen LogP contribution in [0.1, 0.15) is 15.2 Å². The third kappa shape index (κ3) is 3.38. The predicted octanol–water partition coefficient (Wildman–Crippen LogP) is 3.71. The van der Waals surface area contributed by atoms with Crippen LogP contribution < -0.4 is 4.90 Å². The van der Waals surface area contributed by atoms with Gasteiger partial charge in [-0.3, -0.25) is 4.79 Å². The fourth-order valence-electron chi connectivity index (χ4n) is 3.93. The first-order chi connectivity index (χ1) is 14.4. The number of hydrogen-bond donors (Lipinski definition) is 0. The first-order valence-corrected chi connectivity index (χ1v) is 12.4. The quantitative estimate of drug-likeness (QED) is 0.584. The number of amides is 1. The Morgan fingerprint density at radius 1 is 1.07 bits per heavy atom. The van der Waals surface area contributed by atoms with Gasteiger partial charge in [0.05, 0.1) is 15.5 Å². The van der Waals surface area contributed by atoms with Crippen molar-refractivity contribution in [2.24, 2.45) is 0 Å². The van der Waals surface area contributed by atoms with Crippen LogP contribution in [0.25, 0.3) is 10.4 Å². The average Bonchev–Trinajstić information content (AvgIpc) is 3.17. The van der Waals surface area contributed by atoms with Crippen LogP contribution in [0, 0.1) is 0 Å². The number of fused-ring (bicyclic) bond motifs is 3. The largest absolute Gasteiger partial charge is 0.353 e. The highest BCUT2D eigenvalue weighted by molar-refractivity contribution is 7.91. The van der Waals surface area contributed by atoms with Crippen LogP contribution >= 0.6 is 22.9 Å². The molecule has 1 fully saturated rings. The van der Waals surface area contributed by atoms with Gasteiger partial charge in [-0.15, -0.1) is 11.3 Å². The van der Waals surface area contributed by atoms with Crippen LogP contribution in [0.5, 0.6) is 0 Å². The summed E-state index contributed by atoms with van der Waals surface area (Å²) in [6.07, 6.45) is 1.77. The van der Waals surface area contributed by atoms with E-state index in [1.165, 1.54) is 17.4 Å².